The predicted molar refractivity (Wildman–Crippen MR) is 75.9 cm³/mol. The number of aliphatic hydroxyl groups is 1. The first kappa shape index (κ1) is 17.7. The number of halogens is 1. The molecule has 1 fully saturated rings. The first-order chi connectivity index (χ1) is 8.17. The van der Waals surface area contributed by atoms with Crippen molar-refractivity contribution >= 4 is 18.3 Å². The highest BCUT2D eigenvalue weighted by atomic mass is 35.5. The van der Waals surface area contributed by atoms with Crippen LogP contribution in [0.5, 0.6) is 0 Å². The Morgan fingerprint density at radius 3 is 2.44 bits per heavy atom. The molecule has 0 aliphatic heterocycles. The molecular weight excluding hydrogens is 252 g/mol. The highest BCUT2D eigenvalue weighted by molar-refractivity contribution is 5.85. The number of carbonyl (C=O) groups is 1. The van der Waals surface area contributed by atoms with E-state index in [1.54, 1.807) is 0 Å². The van der Waals surface area contributed by atoms with Crippen molar-refractivity contribution in [3.05, 3.63) is 0 Å². The molecule has 0 aromatic rings. The molecule has 18 heavy (non-hydrogen) atoms. The summed E-state index contributed by atoms with van der Waals surface area (Å²) in [5.74, 6) is 1.06. The van der Waals surface area contributed by atoms with E-state index in [2.05, 4.69) is 24.5 Å². The summed E-state index contributed by atoms with van der Waals surface area (Å²) in [6.07, 6.45) is 4.07. The van der Waals surface area contributed by atoms with Crippen molar-refractivity contribution in [2.45, 2.75) is 45.6 Å². The maximum absolute atomic E-state index is 11.5. The third-order valence-electron chi connectivity index (χ3n) is 3.52. The molecule has 1 aliphatic carbocycles. The lowest BCUT2D eigenvalue weighted by Gasteiger charge is -2.20. The van der Waals surface area contributed by atoms with Crippen molar-refractivity contribution in [1.82, 2.24) is 10.6 Å². The van der Waals surface area contributed by atoms with Crippen LogP contribution in [0.3, 0.4) is 0 Å². The molecule has 1 aliphatic rings. The van der Waals surface area contributed by atoms with Crippen LogP contribution in [0.2, 0.25) is 0 Å². The van der Waals surface area contributed by atoms with Crippen LogP contribution in [0.15, 0.2) is 0 Å². The zero-order valence-corrected chi connectivity index (χ0v) is 12.3. The Kier molecular flexibility index (Phi) is 9.42. The van der Waals surface area contributed by atoms with Gasteiger partial charge in [0, 0.05) is 6.54 Å². The van der Waals surface area contributed by atoms with Crippen LogP contribution in [-0.4, -0.2) is 36.8 Å². The van der Waals surface area contributed by atoms with Gasteiger partial charge in [-0.05, 0) is 31.2 Å². The van der Waals surface area contributed by atoms with E-state index in [0.717, 1.165) is 25.3 Å². The first-order valence-electron chi connectivity index (χ1n) is 6.82. The van der Waals surface area contributed by atoms with Gasteiger partial charge in [0.1, 0.15) is 0 Å². The Morgan fingerprint density at radius 1 is 1.33 bits per heavy atom. The SMILES string of the molecule is CCC(CC)C(O)CNC(=O)CNCC1CC1.Cl. The highest BCUT2D eigenvalue weighted by Gasteiger charge is 2.21. The monoisotopic (exact) mass is 278 g/mol. The molecule has 1 amide bonds. The molecular formula is C13H27ClN2O2. The number of aliphatic hydroxyl groups excluding tert-OH is 1. The molecule has 5 heteroatoms. The fraction of sp³-hybridized carbons (Fsp3) is 0.923. The van der Waals surface area contributed by atoms with Crippen molar-refractivity contribution in [3.8, 4) is 0 Å². The molecule has 0 heterocycles. The van der Waals surface area contributed by atoms with E-state index in [1.807, 2.05) is 0 Å². The predicted octanol–water partition coefficient (Wildman–Crippen LogP) is 1.32. The second-order valence-corrected chi connectivity index (χ2v) is 5.02. The highest BCUT2D eigenvalue weighted by Crippen LogP contribution is 2.27. The summed E-state index contributed by atoms with van der Waals surface area (Å²) >= 11 is 0. The molecule has 108 valence electrons. The van der Waals surface area contributed by atoms with Gasteiger partial charge in [-0.1, -0.05) is 26.7 Å². The normalized spacial score (nSPS) is 16.2. The van der Waals surface area contributed by atoms with Gasteiger partial charge in [0.15, 0.2) is 0 Å². The Balaban J connectivity index is 0.00000289. The third-order valence-corrected chi connectivity index (χ3v) is 3.52. The van der Waals surface area contributed by atoms with E-state index in [0.29, 0.717) is 13.1 Å². The van der Waals surface area contributed by atoms with Crippen molar-refractivity contribution in [3.63, 3.8) is 0 Å². The minimum absolute atomic E-state index is 0. The lowest BCUT2D eigenvalue weighted by atomic mass is 9.96. The van der Waals surface area contributed by atoms with E-state index >= 15 is 0 Å². The molecule has 0 spiro atoms. The summed E-state index contributed by atoms with van der Waals surface area (Å²) < 4.78 is 0. The van der Waals surface area contributed by atoms with Gasteiger partial charge in [0.05, 0.1) is 12.6 Å². The second-order valence-electron chi connectivity index (χ2n) is 5.02. The fourth-order valence-corrected chi connectivity index (χ4v) is 1.99. The molecule has 1 atom stereocenters. The van der Waals surface area contributed by atoms with Crippen molar-refractivity contribution in [1.29, 1.82) is 0 Å². The zero-order chi connectivity index (χ0) is 12.7. The standard InChI is InChI=1S/C13H26N2O2.ClH/c1-3-11(4-2)12(16)8-15-13(17)9-14-7-10-5-6-10;/h10-12,14,16H,3-9H2,1-2H3,(H,15,17);1H. The molecule has 0 saturated heterocycles. The van der Waals surface area contributed by atoms with Gasteiger partial charge in [-0.2, -0.15) is 0 Å². The van der Waals surface area contributed by atoms with Gasteiger partial charge in [0.2, 0.25) is 5.91 Å². The minimum atomic E-state index is -0.419. The quantitative estimate of drug-likeness (QED) is 0.596. The van der Waals surface area contributed by atoms with Gasteiger partial charge < -0.3 is 15.7 Å². The lowest BCUT2D eigenvalue weighted by Crippen LogP contribution is -2.40. The van der Waals surface area contributed by atoms with Gasteiger partial charge in [-0.25, -0.2) is 0 Å². The number of rotatable bonds is 9. The molecule has 0 aromatic carbocycles. The van der Waals surface area contributed by atoms with E-state index in [4.69, 9.17) is 0 Å². The van der Waals surface area contributed by atoms with E-state index in [9.17, 15) is 9.90 Å². The topological polar surface area (TPSA) is 61.4 Å². The van der Waals surface area contributed by atoms with Crippen LogP contribution >= 0.6 is 12.4 Å². The number of amides is 1. The van der Waals surface area contributed by atoms with Gasteiger partial charge in [-0.15, -0.1) is 12.4 Å². The van der Waals surface area contributed by atoms with E-state index in [-0.39, 0.29) is 24.2 Å². The minimum Gasteiger partial charge on any atom is -0.391 e. The van der Waals surface area contributed by atoms with Crippen LogP contribution in [0.1, 0.15) is 39.5 Å². The molecule has 1 saturated carbocycles. The summed E-state index contributed by atoms with van der Waals surface area (Å²) in [5, 5.41) is 15.8. The Hall–Kier alpha value is -0.320. The summed E-state index contributed by atoms with van der Waals surface area (Å²) in [7, 11) is 0. The van der Waals surface area contributed by atoms with E-state index < -0.39 is 6.10 Å². The maximum atomic E-state index is 11.5. The molecule has 3 N–H and O–H groups in total. The molecule has 1 unspecified atom stereocenters. The number of hydrogen-bond donors (Lipinski definition) is 3. The first-order valence-corrected chi connectivity index (χ1v) is 6.82. The molecule has 1 rings (SSSR count). The number of carbonyl (C=O) groups excluding carboxylic acids is 1. The molecule has 0 aromatic heterocycles. The van der Waals surface area contributed by atoms with Gasteiger partial charge >= 0.3 is 0 Å². The van der Waals surface area contributed by atoms with Crippen LogP contribution in [0, 0.1) is 11.8 Å². The average Bonchev–Trinajstić information content (AvgIpc) is 3.12. The largest absolute Gasteiger partial charge is 0.391 e. The van der Waals surface area contributed by atoms with Crippen molar-refractivity contribution in [2.24, 2.45) is 11.8 Å². The van der Waals surface area contributed by atoms with Gasteiger partial charge in [-0.3, -0.25) is 4.79 Å². The molecule has 4 nitrogen and oxygen atoms in total. The number of hydrogen-bond acceptors (Lipinski definition) is 3. The molecule has 0 radical (unpaired) electrons. The van der Waals surface area contributed by atoms with Crippen molar-refractivity contribution < 1.29 is 9.90 Å². The molecule has 0 bridgehead atoms. The average molecular weight is 279 g/mol. The maximum Gasteiger partial charge on any atom is 0.234 e. The third kappa shape index (κ3) is 7.19. The number of nitrogens with one attached hydrogen (secondary N) is 2. The summed E-state index contributed by atoms with van der Waals surface area (Å²) in [5.41, 5.74) is 0. The fourth-order valence-electron chi connectivity index (χ4n) is 1.99. The van der Waals surface area contributed by atoms with Crippen LogP contribution < -0.4 is 10.6 Å². The summed E-state index contributed by atoms with van der Waals surface area (Å²) in [6, 6.07) is 0. The lowest BCUT2D eigenvalue weighted by molar-refractivity contribution is -0.120. The van der Waals surface area contributed by atoms with E-state index in [1.165, 1.54) is 12.8 Å². The Bertz CT molecular complexity index is 231. The van der Waals surface area contributed by atoms with Crippen molar-refractivity contribution in [2.75, 3.05) is 19.6 Å². The summed E-state index contributed by atoms with van der Waals surface area (Å²) in [4.78, 5) is 11.5. The van der Waals surface area contributed by atoms with Crippen LogP contribution in [0.4, 0.5) is 0 Å². The van der Waals surface area contributed by atoms with Crippen LogP contribution in [0.25, 0.3) is 0 Å². The zero-order valence-electron chi connectivity index (χ0n) is 11.4. The summed E-state index contributed by atoms with van der Waals surface area (Å²) in [6.45, 7) is 5.82. The smallest absolute Gasteiger partial charge is 0.234 e. The van der Waals surface area contributed by atoms with Crippen LogP contribution in [-0.2, 0) is 4.79 Å². The Labute approximate surface area is 116 Å². The van der Waals surface area contributed by atoms with Gasteiger partial charge in [0.25, 0.3) is 0 Å². The Morgan fingerprint density at radius 2 is 1.94 bits per heavy atom. The second kappa shape index (κ2) is 9.59.